The van der Waals surface area contributed by atoms with E-state index in [1.54, 1.807) is 0 Å². The number of H-pyrrole nitrogens is 1. The number of benzene rings is 1. The molecule has 0 aliphatic heterocycles. The van der Waals surface area contributed by atoms with Crippen molar-refractivity contribution >= 4 is 5.69 Å². The molecule has 2 rings (SSSR count). The molecule has 1 heterocycles. The zero-order chi connectivity index (χ0) is 14.0. The number of para-hydroxylation sites is 1. The van der Waals surface area contributed by atoms with Gasteiger partial charge in [-0.1, -0.05) is 51.2 Å². The molecule has 0 aliphatic rings. The normalized spacial score (nSPS) is 10.7. The summed E-state index contributed by atoms with van der Waals surface area (Å²) < 4.78 is 0. The number of hydrogen-bond acceptors (Lipinski definition) is 4. The minimum atomic E-state index is 0.635. The first kappa shape index (κ1) is 14.5. The van der Waals surface area contributed by atoms with E-state index in [1.165, 1.54) is 38.5 Å². The summed E-state index contributed by atoms with van der Waals surface area (Å²) in [7, 11) is 0. The largest absolute Gasteiger partial charge is 0.384 e. The van der Waals surface area contributed by atoms with Crippen LogP contribution in [-0.4, -0.2) is 27.2 Å². The van der Waals surface area contributed by atoms with E-state index in [4.69, 9.17) is 0 Å². The molecule has 5 heteroatoms. The fraction of sp³-hybridized carbons (Fsp3) is 0.533. The van der Waals surface area contributed by atoms with Crippen LogP contribution in [0.2, 0.25) is 0 Å². The number of nitrogens with one attached hydrogen (secondary N) is 2. The Morgan fingerprint density at radius 3 is 2.65 bits per heavy atom. The number of unbranched alkanes of at least 4 members (excludes halogenated alkanes) is 5. The van der Waals surface area contributed by atoms with Crippen molar-refractivity contribution < 1.29 is 0 Å². The molecule has 0 spiro atoms. The Bertz CT molecular complexity index is 481. The van der Waals surface area contributed by atoms with Crippen LogP contribution in [0.4, 0.5) is 5.69 Å². The molecule has 0 fully saturated rings. The topological polar surface area (TPSA) is 66.5 Å². The Labute approximate surface area is 120 Å². The monoisotopic (exact) mass is 273 g/mol. The van der Waals surface area contributed by atoms with Crippen LogP contribution >= 0.6 is 0 Å². The number of anilines is 1. The zero-order valence-corrected chi connectivity index (χ0v) is 12.1. The number of hydrogen-bond donors (Lipinski definition) is 2. The summed E-state index contributed by atoms with van der Waals surface area (Å²) in [6.07, 6.45) is 7.84. The van der Waals surface area contributed by atoms with E-state index in [0.29, 0.717) is 5.82 Å². The highest BCUT2D eigenvalue weighted by Crippen LogP contribution is 2.23. The molecule has 0 bridgehead atoms. The number of tetrazole rings is 1. The van der Waals surface area contributed by atoms with Gasteiger partial charge in [0, 0.05) is 17.8 Å². The Hall–Kier alpha value is -1.91. The average Bonchev–Trinajstić information content (AvgIpc) is 3.01. The fourth-order valence-electron chi connectivity index (χ4n) is 2.24. The zero-order valence-electron chi connectivity index (χ0n) is 12.1. The standard InChI is InChI=1S/C15H23N5/c1-2-3-4-5-6-9-12-16-14-11-8-7-10-13(14)15-17-19-20-18-15/h7-8,10-11,16H,2-6,9,12H2,1H3,(H,17,18,19,20). The number of aromatic nitrogens is 4. The maximum atomic E-state index is 4.04. The first-order chi connectivity index (χ1) is 9.92. The molecule has 2 N–H and O–H groups in total. The van der Waals surface area contributed by atoms with Crippen LogP contribution in [0.1, 0.15) is 45.4 Å². The first-order valence-electron chi connectivity index (χ1n) is 7.48. The second-order valence-corrected chi connectivity index (χ2v) is 4.98. The molecule has 1 aromatic heterocycles. The van der Waals surface area contributed by atoms with Crippen LogP contribution in [-0.2, 0) is 0 Å². The van der Waals surface area contributed by atoms with Crippen LogP contribution in [0.5, 0.6) is 0 Å². The Kier molecular flexibility index (Phi) is 6.02. The molecule has 20 heavy (non-hydrogen) atoms. The lowest BCUT2D eigenvalue weighted by Gasteiger charge is -2.09. The second kappa shape index (κ2) is 8.30. The van der Waals surface area contributed by atoms with Gasteiger partial charge in [-0.15, -0.1) is 10.2 Å². The first-order valence-corrected chi connectivity index (χ1v) is 7.48. The van der Waals surface area contributed by atoms with Crippen LogP contribution in [0.15, 0.2) is 24.3 Å². The molecule has 5 nitrogen and oxygen atoms in total. The van der Waals surface area contributed by atoms with E-state index in [-0.39, 0.29) is 0 Å². The van der Waals surface area contributed by atoms with Gasteiger partial charge in [-0.05, 0) is 23.8 Å². The third-order valence-electron chi connectivity index (χ3n) is 3.36. The average molecular weight is 273 g/mol. The molecule has 0 saturated carbocycles. The second-order valence-electron chi connectivity index (χ2n) is 4.98. The molecular formula is C15H23N5. The third-order valence-corrected chi connectivity index (χ3v) is 3.36. The summed E-state index contributed by atoms with van der Waals surface area (Å²) in [5, 5.41) is 17.7. The summed E-state index contributed by atoms with van der Waals surface area (Å²) in [5.74, 6) is 0.635. The van der Waals surface area contributed by atoms with Gasteiger partial charge < -0.3 is 5.32 Å². The molecule has 0 aliphatic carbocycles. The number of rotatable bonds is 9. The van der Waals surface area contributed by atoms with Crippen LogP contribution < -0.4 is 5.32 Å². The van der Waals surface area contributed by atoms with Gasteiger partial charge in [0.2, 0.25) is 5.82 Å². The quantitative estimate of drug-likeness (QED) is 0.684. The maximum absolute atomic E-state index is 4.04. The van der Waals surface area contributed by atoms with Gasteiger partial charge in [0.05, 0.1) is 0 Å². The number of aromatic amines is 1. The summed E-state index contributed by atoms with van der Waals surface area (Å²) >= 11 is 0. The van der Waals surface area contributed by atoms with Gasteiger partial charge in [0.15, 0.2) is 0 Å². The molecule has 0 saturated heterocycles. The van der Waals surface area contributed by atoms with Crippen LogP contribution in [0.3, 0.4) is 0 Å². The smallest absolute Gasteiger partial charge is 0.206 e. The van der Waals surface area contributed by atoms with Crippen molar-refractivity contribution in [3.05, 3.63) is 24.3 Å². The van der Waals surface area contributed by atoms with E-state index in [9.17, 15) is 0 Å². The van der Waals surface area contributed by atoms with Crippen molar-refractivity contribution in [3.63, 3.8) is 0 Å². The Balaban J connectivity index is 1.79. The molecule has 0 atom stereocenters. The summed E-state index contributed by atoms with van der Waals surface area (Å²) in [5.41, 5.74) is 2.06. The van der Waals surface area contributed by atoms with Crippen molar-refractivity contribution in [2.24, 2.45) is 0 Å². The molecule has 0 radical (unpaired) electrons. The highest BCUT2D eigenvalue weighted by atomic mass is 15.5. The molecule has 1 aromatic carbocycles. The minimum absolute atomic E-state index is 0.635. The summed E-state index contributed by atoms with van der Waals surface area (Å²) in [6.45, 7) is 3.23. The van der Waals surface area contributed by atoms with Gasteiger partial charge in [-0.3, -0.25) is 0 Å². The van der Waals surface area contributed by atoms with Crippen LogP contribution in [0, 0.1) is 0 Å². The molecule has 0 unspecified atom stereocenters. The molecule has 108 valence electrons. The minimum Gasteiger partial charge on any atom is -0.384 e. The van der Waals surface area contributed by atoms with Crippen LogP contribution in [0.25, 0.3) is 11.4 Å². The Morgan fingerprint density at radius 2 is 1.85 bits per heavy atom. The van der Waals surface area contributed by atoms with Gasteiger partial charge in [-0.2, -0.15) is 5.21 Å². The third kappa shape index (κ3) is 4.33. The van der Waals surface area contributed by atoms with E-state index in [0.717, 1.165) is 17.8 Å². The highest BCUT2D eigenvalue weighted by Gasteiger charge is 2.07. The molecule has 0 amide bonds. The lowest BCUT2D eigenvalue weighted by molar-refractivity contribution is 0.617. The van der Waals surface area contributed by atoms with Crippen molar-refractivity contribution in [2.45, 2.75) is 45.4 Å². The van der Waals surface area contributed by atoms with E-state index >= 15 is 0 Å². The Morgan fingerprint density at radius 1 is 1.05 bits per heavy atom. The SMILES string of the molecule is CCCCCCCCNc1ccccc1-c1nn[nH]n1. The van der Waals surface area contributed by atoms with E-state index in [2.05, 4.69) is 38.9 Å². The predicted octanol–water partition coefficient (Wildman–Crippen LogP) is 3.64. The van der Waals surface area contributed by atoms with Crippen molar-refractivity contribution in [3.8, 4) is 11.4 Å². The van der Waals surface area contributed by atoms with Gasteiger partial charge in [-0.25, -0.2) is 0 Å². The van der Waals surface area contributed by atoms with E-state index < -0.39 is 0 Å². The fourth-order valence-corrected chi connectivity index (χ4v) is 2.24. The summed E-state index contributed by atoms with van der Waals surface area (Å²) in [4.78, 5) is 0. The summed E-state index contributed by atoms with van der Waals surface area (Å²) in [6, 6.07) is 8.08. The molecule has 2 aromatic rings. The van der Waals surface area contributed by atoms with Gasteiger partial charge >= 0.3 is 0 Å². The van der Waals surface area contributed by atoms with Crippen molar-refractivity contribution in [2.75, 3.05) is 11.9 Å². The predicted molar refractivity (Wildman–Crippen MR) is 81.5 cm³/mol. The van der Waals surface area contributed by atoms with Gasteiger partial charge in [0.1, 0.15) is 0 Å². The van der Waals surface area contributed by atoms with E-state index in [1.807, 2.05) is 18.2 Å². The van der Waals surface area contributed by atoms with Gasteiger partial charge in [0.25, 0.3) is 0 Å². The molecular weight excluding hydrogens is 250 g/mol. The highest BCUT2D eigenvalue weighted by molar-refractivity contribution is 5.72. The van der Waals surface area contributed by atoms with Crippen molar-refractivity contribution in [1.29, 1.82) is 0 Å². The lowest BCUT2D eigenvalue weighted by atomic mass is 10.1. The van der Waals surface area contributed by atoms with Crippen molar-refractivity contribution in [1.82, 2.24) is 20.6 Å². The maximum Gasteiger partial charge on any atom is 0.206 e. The number of nitrogens with zero attached hydrogens (tertiary/aromatic N) is 3. The lowest BCUT2D eigenvalue weighted by Crippen LogP contribution is -2.03.